The van der Waals surface area contributed by atoms with E-state index in [0.29, 0.717) is 11.2 Å². The van der Waals surface area contributed by atoms with E-state index in [-0.39, 0.29) is 17.6 Å². The second-order valence-corrected chi connectivity index (χ2v) is 9.99. The lowest BCUT2D eigenvalue weighted by molar-refractivity contribution is -0.130. The predicted molar refractivity (Wildman–Crippen MR) is 117 cm³/mol. The van der Waals surface area contributed by atoms with Gasteiger partial charge < -0.3 is 10.2 Å². The third-order valence-corrected chi connectivity index (χ3v) is 5.88. The Morgan fingerprint density at radius 1 is 1.15 bits per heavy atom. The Labute approximate surface area is 175 Å². The monoisotopic (exact) mass is 455 g/mol. The largest absolute Gasteiger partial charge is 0.339 e. The summed E-state index contributed by atoms with van der Waals surface area (Å²) in [4.78, 5) is 28.7. The van der Waals surface area contributed by atoms with Crippen LogP contribution in [0.2, 0.25) is 0 Å². The summed E-state index contributed by atoms with van der Waals surface area (Å²) in [5.74, 6) is 0.682. The number of piperazine rings is 1. The molecule has 27 heavy (non-hydrogen) atoms. The van der Waals surface area contributed by atoms with Crippen molar-refractivity contribution in [2.24, 2.45) is 5.41 Å². The van der Waals surface area contributed by atoms with Gasteiger partial charge in [0.2, 0.25) is 11.8 Å². The Balaban J connectivity index is 1.63. The number of nitrogens with zero attached hydrogens (tertiary/aromatic N) is 2. The molecule has 1 fully saturated rings. The molecule has 1 aliphatic heterocycles. The highest BCUT2D eigenvalue weighted by Gasteiger charge is 2.22. The van der Waals surface area contributed by atoms with Crippen molar-refractivity contribution in [3.8, 4) is 0 Å². The molecular formula is C20H30BrN3O2S. The zero-order chi connectivity index (χ0) is 19.9. The van der Waals surface area contributed by atoms with Gasteiger partial charge in [0, 0.05) is 36.3 Å². The molecule has 0 aromatic heterocycles. The maximum absolute atomic E-state index is 12.4. The van der Waals surface area contributed by atoms with E-state index in [9.17, 15) is 9.59 Å². The van der Waals surface area contributed by atoms with Crippen molar-refractivity contribution in [1.29, 1.82) is 0 Å². The average Bonchev–Trinajstić information content (AvgIpc) is 2.59. The second kappa shape index (κ2) is 10.5. The molecule has 1 aromatic rings. The number of thioether (sulfide) groups is 1. The molecule has 7 heteroatoms. The molecule has 2 rings (SSSR count). The molecule has 0 bridgehead atoms. The summed E-state index contributed by atoms with van der Waals surface area (Å²) in [6, 6.07) is 7.48. The number of halogens is 1. The summed E-state index contributed by atoms with van der Waals surface area (Å²) in [5.41, 5.74) is 1.10. The number of benzene rings is 1. The van der Waals surface area contributed by atoms with Crippen molar-refractivity contribution in [3.05, 3.63) is 28.7 Å². The molecule has 0 unspecified atom stereocenters. The minimum absolute atomic E-state index is 0.0853. The van der Waals surface area contributed by atoms with Crippen molar-refractivity contribution in [2.75, 3.05) is 49.5 Å². The van der Waals surface area contributed by atoms with Gasteiger partial charge in [-0.2, -0.15) is 0 Å². The molecule has 0 atom stereocenters. The SMILES string of the molecule is CC(C)(C)CCN1CCN(C(=O)CSCC(=O)Nc2cccc(Br)c2)CC1. The molecule has 1 aliphatic rings. The minimum Gasteiger partial charge on any atom is -0.339 e. The lowest BCUT2D eigenvalue weighted by Gasteiger charge is -2.36. The first-order valence-corrected chi connectivity index (χ1v) is 11.3. The van der Waals surface area contributed by atoms with Crippen LogP contribution in [-0.4, -0.2) is 65.8 Å². The first-order chi connectivity index (χ1) is 12.7. The highest BCUT2D eigenvalue weighted by molar-refractivity contribution is 9.10. The summed E-state index contributed by atoms with van der Waals surface area (Å²) >= 11 is 4.75. The molecular weight excluding hydrogens is 426 g/mol. The summed E-state index contributed by atoms with van der Waals surface area (Å²) in [5, 5.41) is 2.85. The van der Waals surface area contributed by atoms with E-state index in [4.69, 9.17) is 0 Å². The van der Waals surface area contributed by atoms with Crippen LogP contribution in [0, 0.1) is 5.41 Å². The van der Waals surface area contributed by atoms with E-state index < -0.39 is 0 Å². The zero-order valence-corrected chi connectivity index (χ0v) is 18.9. The van der Waals surface area contributed by atoms with Crippen LogP contribution in [0.5, 0.6) is 0 Å². The van der Waals surface area contributed by atoms with Gasteiger partial charge in [-0.15, -0.1) is 11.8 Å². The van der Waals surface area contributed by atoms with Crippen LogP contribution in [-0.2, 0) is 9.59 Å². The van der Waals surface area contributed by atoms with Gasteiger partial charge in [-0.05, 0) is 36.6 Å². The standard InChI is InChI=1S/C20H30BrN3O2S/c1-20(2,3)7-8-23-9-11-24(12-10-23)19(26)15-27-14-18(25)22-17-6-4-5-16(21)13-17/h4-6,13H,7-12,14-15H2,1-3H3,(H,22,25). The number of anilines is 1. The van der Waals surface area contributed by atoms with Crippen LogP contribution in [0.3, 0.4) is 0 Å². The predicted octanol–water partition coefficient (Wildman–Crippen LogP) is 3.70. The molecule has 1 saturated heterocycles. The van der Waals surface area contributed by atoms with Crippen molar-refractivity contribution in [3.63, 3.8) is 0 Å². The maximum atomic E-state index is 12.4. The van der Waals surface area contributed by atoms with Gasteiger partial charge in [-0.1, -0.05) is 42.8 Å². The molecule has 0 radical (unpaired) electrons. The fourth-order valence-electron chi connectivity index (χ4n) is 2.80. The van der Waals surface area contributed by atoms with Gasteiger partial charge in [0.1, 0.15) is 0 Å². The van der Waals surface area contributed by atoms with Gasteiger partial charge in [0.25, 0.3) is 0 Å². The van der Waals surface area contributed by atoms with E-state index in [1.807, 2.05) is 29.2 Å². The lowest BCUT2D eigenvalue weighted by Crippen LogP contribution is -2.49. The van der Waals surface area contributed by atoms with Gasteiger partial charge in [0.15, 0.2) is 0 Å². The third-order valence-electron chi connectivity index (χ3n) is 4.47. The number of carbonyl (C=O) groups is 2. The number of carbonyl (C=O) groups excluding carboxylic acids is 2. The molecule has 5 nitrogen and oxygen atoms in total. The average molecular weight is 456 g/mol. The molecule has 1 heterocycles. The quantitative estimate of drug-likeness (QED) is 0.680. The van der Waals surface area contributed by atoms with Gasteiger partial charge in [0.05, 0.1) is 11.5 Å². The fourth-order valence-corrected chi connectivity index (χ4v) is 3.92. The smallest absolute Gasteiger partial charge is 0.234 e. The summed E-state index contributed by atoms with van der Waals surface area (Å²) in [6.07, 6.45) is 1.17. The fraction of sp³-hybridized carbons (Fsp3) is 0.600. The topological polar surface area (TPSA) is 52.7 Å². The van der Waals surface area contributed by atoms with E-state index >= 15 is 0 Å². The van der Waals surface area contributed by atoms with Crippen LogP contribution in [0.25, 0.3) is 0 Å². The molecule has 1 aromatic carbocycles. The highest BCUT2D eigenvalue weighted by atomic mass is 79.9. The minimum atomic E-state index is -0.0853. The van der Waals surface area contributed by atoms with Crippen molar-refractivity contribution in [2.45, 2.75) is 27.2 Å². The number of rotatable bonds is 7. The van der Waals surface area contributed by atoms with Crippen LogP contribution in [0.15, 0.2) is 28.7 Å². The Kier molecular flexibility index (Phi) is 8.63. The lowest BCUT2D eigenvalue weighted by atomic mass is 9.92. The Hall–Kier alpha value is -1.05. The molecule has 2 amide bonds. The first-order valence-electron chi connectivity index (χ1n) is 9.36. The van der Waals surface area contributed by atoms with Crippen molar-refractivity contribution in [1.82, 2.24) is 9.80 Å². The second-order valence-electron chi connectivity index (χ2n) is 8.08. The Bertz CT molecular complexity index is 640. The number of hydrogen-bond acceptors (Lipinski definition) is 4. The van der Waals surface area contributed by atoms with Crippen LogP contribution in [0.1, 0.15) is 27.2 Å². The van der Waals surface area contributed by atoms with Gasteiger partial charge in [-0.25, -0.2) is 0 Å². The van der Waals surface area contributed by atoms with Gasteiger partial charge >= 0.3 is 0 Å². The van der Waals surface area contributed by atoms with Crippen molar-refractivity contribution < 1.29 is 9.59 Å². The van der Waals surface area contributed by atoms with Crippen LogP contribution >= 0.6 is 27.7 Å². The number of amides is 2. The maximum Gasteiger partial charge on any atom is 0.234 e. The van der Waals surface area contributed by atoms with E-state index in [2.05, 4.69) is 46.9 Å². The Morgan fingerprint density at radius 3 is 2.48 bits per heavy atom. The van der Waals surface area contributed by atoms with Crippen LogP contribution < -0.4 is 5.32 Å². The third kappa shape index (κ3) is 8.66. The van der Waals surface area contributed by atoms with Crippen LogP contribution in [0.4, 0.5) is 5.69 Å². The molecule has 150 valence electrons. The Morgan fingerprint density at radius 2 is 1.85 bits per heavy atom. The first kappa shape index (κ1) is 22.2. The molecule has 0 aliphatic carbocycles. The zero-order valence-electron chi connectivity index (χ0n) is 16.5. The van der Waals surface area contributed by atoms with E-state index in [0.717, 1.165) is 42.9 Å². The van der Waals surface area contributed by atoms with Gasteiger partial charge in [-0.3, -0.25) is 14.5 Å². The number of hydrogen-bond donors (Lipinski definition) is 1. The van der Waals surface area contributed by atoms with E-state index in [1.165, 1.54) is 18.2 Å². The van der Waals surface area contributed by atoms with Crippen molar-refractivity contribution >= 4 is 45.2 Å². The normalized spacial score (nSPS) is 15.6. The molecule has 0 spiro atoms. The summed E-state index contributed by atoms with van der Waals surface area (Å²) in [6.45, 7) is 11.3. The number of nitrogens with one attached hydrogen (secondary N) is 1. The highest BCUT2D eigenvalue weighted by Crippen LogP contribution is 2.19. The molecule has 1 N–H and O–H groups in total. The summed E-state index contributed by atoms with van der Waals surface area (Å²) < 4.78 is 0.921. The van der Waals surface area contributed by atoms with E-state index in [1.54, 1.807) is 0 Å². The summed E-state index contributed by atoms with van der Waals surface area (Å²) in [7, 11) is 0. The molecule has 0 saturated carbocycles.